The molecule has 0 aliphatic heterocycles. The van der Waals surface area contributed by atoms with Crippen LogP contribution in [-0.4, -0.2) is 0 Å². The van der Waals surface area contributed by atoms with Crippen molar-refractivity contribution < 1.29 is 26.2 Å². The van der Waals surface area contributed by atoms with Crippen molar-refractivity contribution in [2.24, 2.45) is 0 Å². The summed E-state index contributed by atoms with van der Waals surface area (Å²) in [4.78, 5) is 0. The maximum Gasteiger partial charge on any atom is 0.542 e. The van der Waals surface area contributed by atoms with Gasteiger partial charge in [-0.1, -0.05) is 19.1 Å². The van der Waals surface area contributed by atoms with Crippen LogP contribution in [0.25, 0.3) is 0 Å². The van der Waals surface area contributed by atoms with E-state index in [2.05, 4.69) is 6.92 Å². The van der Waals surface area contributed by atoms with Crippen LogP contribution in [0.15, 0.2) is 24.3 Å². The van der Waals surface area contributed by atoms with Gasteiger partial charge in [0.25, 0.3) is 0 Å². The van der Waals surface area contributed by atoms with Gasteiger partial charge in [-0.2, -0.15) is 0 Å². The molecule has 0 aliphatic rings. The summed E-state index contributed by atoms with van der Waals surface area (Å²) in [6, 6.07) is 7.58. The normalized spacial score (nSPS) is 9.08. The molecule has 0 bridgehead atoms. The zero-order valence-electron chi connectivity index (χ0n) is 6.63. The van der Waals surface area contributed by atoms with E-state index in [1.165, 1.54) is 5.56 Å². The van der Waals surface area contributed by atoms with E-state index in [0.29, 0.717) is 5.75 Å². The van der Waals surface area contributed by atoms with Crippen molar-refractivity contribution in [2.75, 3.05) is 0 Å². The third-order valence-electron chi connectivity index (χ3n) is 1.49. The van der Waals surface area contributed by atoms with Gasteiger partial charge >= 0.3 is 8.69 Å². The minimum absolute atomic E-state index is 0. The van der Waals surface area contributed by atoms with Crippen LogP contribution >= 0.6 is 8.69 Å². The minimum atomic E-state index is -0.717. The molecule has 1 aromatic rings. The molecule has 0 aromatic heterocycles. The van der Waals surface area contributed by atoms with Crippen LogP contribution in [0.3, 0.4) is 0 Å². The van der Waals surface area contributed by atoms with E-state index in [1.54, 1.807) is 0 Å². The molecule has 0 spiro atoms. The topological polar surface area (TPSA) is 26.3 Å². The molecule has 2 nitrogen and oxygen atoms in total. The number of rotatable bonds is 3. The van der Waals surface area contributed by atoms with Gasteiger partial charge in [0.2, 0.25) is 0 Å². The molecule has 0 saturated heterocycles. The van der Waals surface area contributed by atoms with Gasteiger partial charge in [-0.25, -0.2) is 0 Å². The molecule has 1 unspecified atom stereocenters. The van der Waals surface area contributed by atoms with Gasteiger partial charge in [0.15, 0.2) is 5.75 Å². The van der Waals surface area contributed by atoms with Crippen molar-refractivity contribution in [1.29, 1.82) is 0 Å². The SMILES string of the molecule is CCc1ccc(O[PH+]=O)cc1.[Cu]. The maximum absolute atomic E-state index is 10.1. The van der Waals surface area contributed by atoms with Crippen molar-refractivity contribution >= 4 is 8.69 Å². The van der Waals surface area contributed by atoms with E-state index >= 15 is 0 Å². The van der Waals surface area contributed by atoms with E-state index in [0.717, 1.165) is 6.42 Å². The van der Waals surface area contributed by atoms with Gasteiger partial charge in [-0.15, -0.1) is 0 Å². The third kappa shape index (κ3) is 3.36. The molecule has 0 amide bonds. The summed E-state index contributed by atoms with van der Waals surface area (Å²) in [6.07, 6.45) is 1.01. The van der Waals surface area contributed by atoms with Gasteiger partial charge in [0.1, 0.15) is 0 Å². The fraction of sp³-hybridized carbons (Fsp3) is 0.250. The Morgan fingerprint density at radius 2 is 1.92 bits per heavy atom. The van der Waals surface area contributed by atoms with Crippen LogP contribution in [0.2, 0.25) is 0 Å². The number of hydrogen-bond acceptors (Lipinski definition) is 2. The van der Waals surface area contributed by atoms with Gasteiger partial charge in [-0.3, -0.25) is 4.52 Å². The zero-order valence-corrected chi connectivity index (χ0v) is 8.58. The fourth-order valence-electron chi connectivity index (χ4n) is 0.841. The van der Waals surface area contributed by atoms with Crippen molar-refractivity contribution in [3.05, 3.63) is 29.8 Å². The molecule has 0 aliphatic carbocycles. The Kier molecular flexibility index (Phi) is 6.00. The predicted molar refractivity (Wildman–Crippen MR) is 45.4 cm³/mol. The summed E-state index contributed by atoms with van der Waals surface area (Å²) >= 11 is 0. The summed E-state index contributed by atoms with van der Waals surface area (Å²) in [6.45, 7) is 2.09. The smallest absolute Gasteiger partial charge is 0.256 e. The number of hydrogen-bond donors (Lipinski definition) is 0. The minimum Gasteiger partial charge on any atom is -0.256 e. The van der Waals surface area contributed by atoms with E-state index in [1.807, 2.05) is 24.3 Å². The van der Waals surface area contributed by atoms with Gasteiger partial charge in [0, 0.05) is 17.1 Å². The second-order valence-corrected chi connectivity index (χ2v) is 2.55. The Hall–Kier alpha value is -0.361. The fourth-order valence-corrected chi connectivity index (χ4v) is 1.07. The van der Waals surface area contributed by atoms with E-state index in [-0.39, 0.29) is 17.1 Å². The van der Waals surface area contributed by atoms with E-state index in [4.69, 9.17) is 4.52 Å². The maximum atomic E-state index is 10.1. The van der Waals surface area contributed by atoms with Crippen molar-refractivity contribution in [2.45, 2.75) is 13.3 Å². The van der Waals surface area contributed by atoms with Gasteiger partial charge in [-0.05, 0) is 28.7 Å². The first-order chi connectivity index (χ1) is 5.36. The second kappa shape index (κ2) is 6.19. The Morgan fingerprint density at radius 3 is 2.33 bits per heavy atom. The Bertz CT molecular complexity index is 235. The molecule has 12 heavy (non-hydrogen) atoms. The first-order valence-electron chi connectivity index (χ1n) is 3.49. The molecule has 0 saturated carbocycles. The first kappa shape index (κ1) is 11.6. The number of benzene rings is 1. The van der Waals surface area contributed by atoms with Crippen LogP contribution in [0.5, 0.6) is 5.75 Å². The van der Waals surface area contributed by atoms with Crippen molar-refractivity contribution in [3.8, 4) is 5.75 Å². The van der Waals surface area contributed by atoms with Crippen LogP contribution < -0.4 is 4.52 Å². The van der Waals surface area contributed by atoms with Crippen molar-refractivity contribution in [3.63, 3.8) is 0 Å². The predicted octanol–water partition coefficient (Wildman–Crippen LogP) is 2.56. The quantitative estimate of drug-likeness (QED) is 0.592. The summed E-state index contributed by atoms with van der Waals surface area (Å²) in [5.41, 5.74) is 1.26. The molecular formula is C8H10CuO2P+. The molecule has 0 heterocycles. The standard InChI is InChI=1S/C8H10O2P.Cu/c1-2-7-3-5-8(6-4-7)10-11-9;/h3-6,11H,2H2,1H3;/q+1;. The Morgan fingerprint density at radius 1 is 1.33 bits per heavy atom. The molecule has 0 fully saturated rings. The summed E-state index contributed by atoms with van der Waals surface area (Å²) in [5.74, 6) is 0.663. The van der Waals surface area contributed by atoms with Gasteiger partial charge in [0.05, 0.1) is 0 Å². The molecule has 1 rings (SSSR count). The molecule has 4 heteroatoms. The Balaban J connectivity index is 0.00000121. The summed E-state index contributed by atoms with van der Waals surface area (Å²) < 4.78 is 14.8. The van der Waals surface area contributed by atoms with Crippen LogP contribution in [0, 0.1) is 0 Å². The molecule has 1 radical (unpaired) electrons. The largest absolute Gasteiger partial charge is 0.542 e. The Labute approximate surface area is 84.1 Å². The van der Waals surface area contributed by atoms with Crippen molar-refractivity contribution in [1.82, 2.24) is 0 Å². The molecule has 1 aromatic carbocycles. The van der Waals surface area contributed by atoms with Gasteiger partial charge < -0.3 is 0 Å². The monoisotopic (exact) mass is 232 g/mol. The average molecular weight is 233 g/mol. The molecule has 69 valence electrons. The number of aryl methyl sites for hydroxylation is 1. The van der Waals surface area contributed by atoms with Crippen LogP contribution in [-0.2, 0) is 28.1 Å². The molecule has 0 N–H and O–H groups in total. The first-order valence-corrected chi connectivity index (χ1v) is 4.31. The van der Waals surface area contributed by atoms with Crippen LogP contribution in [0.4, 0.5) is 0 Å². The summed E-state index contributed by atoms with van der Waals surface area (Å²) in [5, 5.41) is 0. The van der Waals surface area contributed by atoms with Crippen LogP contribution in [0.1, 0.15) is 12.5 Å². The molecular weight excluding hydrogens is 223 g/mol. The second-order valence-electron chi connectivity index (χ2n) is 2.18. The zero-order chi connectivity index (χ0) is 8.10. The summed E-state index contributed by atoms with van der Waals surface area (Å²) in [7, 11) is -0.717. The average Bonchev–Trinajstić information content (AvgIpc) is 2.07. The van der Waals surface area contributed by atoms with E-state index < -0.39 is 8.69 Å². The third-order valence-corrected chi connectivity index (χ3v) is 1.81. The van der Waals surface area contributed by atoms with E-state index in [9.17, 15) is 4.57 Å². The molecule has 1 atom stereocenters.